The number of ether oxygens (including phenoxy) is 5. The fourth-order valence-electron chi connectivity index (χ4n) is 4.27. The van der Waals surface area contributed by atoms with E-state index in [-0.39, 0.29) is 19.0 Å². The zero-order valence-electron chi connectivity index (χ0n) is 20.5. The van der Waals surface area contributed by atoms with E-state index in [4.69, 9.17) is 23.7 Å². The molecule has 0 amide bonds. The van der Waals surface area contributed by atoms with Gasteiger partial charge in [-0.3, -0.25) is 4.90 Å². The Morgan fingerprint density at radius 3 is 2.44 bits per heavy atom. The molecule has 1 atom stereocenters. The predicted molar refractivity (Wildman–Crippen MR) is 134 cm³/mol. The van der Waals surface area contributed by atoms with Crippen LogP contribution in [0.5, 0.6) is 17.2 Å². The van der Waals surface area contributed by atoms with Gasteiger partial charge in [-0.25, -0.2) is 4.79 Å². The van der Waals surface area contributed by atoms with Crippen molar-refractivity contribution >= 4 is 18.4 Å². The van der Waals surface area contributed by atoms with Crippen molar-refractivity contribution in [2.24, 2.45) is 0 Å². The average molecular weight is 494 g/mol. The zero-order chi connectivity index (χ0) is 23.6. The number of hydrogen-bond donors (Lipinski definition) is 0. The van der Waals surface area contributed by atoms with Gasteiger partial charge in [0.1, 0.15) is 12.4 Å². The molecule has 0 bridgehead atoms. The molecule has 2 aromatic carbocycles. The molecule has 1 unspecified atom stereocenters. The summed E-state index contributed by atoms with van der Waals surface area (Å²) in [6.07, 6.45) is 3.26. The minimum absolute atomic E-state index is 0. The third-order valence-corrected chi connectivity index (χ3v) is 6.14. The highest BCUT2D eigenvalue weighted by Crippen LogP contribution is 2.28. The molecule has 0 saturated carbocycles. The van der Waals surface area contributed by atoms with E-state index in [0.29, 0.717) is 36.3 Å². The molecular formula is C26H36ClNO6. The number of nitrogens with zero attached hydrogens (tertiary/aromatic N) is 1. The normalized spacial score (nSPS) is 14.7. The molecule has 7 nitrogen and oxygen atoms in total. The molecule has 188 valence electrons. The summed E-state index contributed by atoms with van der Waals surface area (Å²) in [5, 5.41) is 0. The molecule has 0 N–H and O–H groups in total. The van der Waals surface area contributed by atoms with Crippen molar-refractivity contribution in [1.82, 2.24) is 4.90 Å². The number of halogens is 1. The number of carbonyl (C=O) groups excluding carboxylic acids is 1. The standard InChI is InChI=1S/C26H35NO6.ClH/c1-5-27(22-9-6-20-17-23(29-2)10-7-19(20)16-22)12-13-32-14-15-33-26(28)21-8-11-24(30-3)25(18-21)31-4;/h7-8,10-11,17-18,22H,5-6,9,12-16H2,1-4H3;1H. The maximum Gasteiger partial charge on any atom is 0.338 e. The van der Waals surface area contributed by atoms with Gasteiger partial charge in [-0.15, -0.1) is 12.4 Å². The van der Waals surface area contributed by atoms with Crippen LogP contribution in [0.25, 0.3) is 0 Å². The first-order valence-corrected chi connectivity index (χ1v) is 11.5. The number of methoxy groups -OCH3 is 3. The maximum atomic E-state index is 12.3. The number of hydrogen-bond acceptors (Lipinski definition) is 7. The Morgan fingerprint density at radius 2 is 1.74 bits per heavy atom. The van der Waals surface area contributed by atoms with Crippen molar-refractivity contribution in [2.75, 3.05) is 54.2 Å². The Balaban J connectivity index is 0.00000408. The predicted octanol–water partition coefficient (Wildman–Crippen LogP) is 4.19. The van der Waals surface area contributed by atoms with Gasteiger partial charge in [0, 0.05) is 12.6 Å². The summed E-state index contributed by atoms with van der Waals surface area (Å²) in [6.45, 7) is 5.20. The highest BCUT2D eigenvalue weighted by Gasteiger charge is 2.23. The van der Waals surface area contributed by atoms with E-state index >= 15 is 0 Å². The molecule has 0 aliphatic heterocycles. The Labute approximate surface area is 208 Å². The van der Waals surface area contributed by atoms with Gasteiger partial charge in [0.25, 0.3) is 0 Å². The summed E-state index contributed by atoms with van der Waals surface area (Å²) in [7, 11) is 4.80. The highest BCUT2D eigenvalue weighted by molar-refractivity contribution is 5.90. The first kappa shape index (κ1) is 27.8. The smallest absolute Gasteiger partial charge is 0.338 e. The minimum atomic E-state index is -0.410. The number of aryl methyl sites for hydroxylation is 1. The maximum absolute atomic E-state index is 12.3. The monoisotopic (exact) mass is 493 g/mol. The quantitative estimate of drug-likeness (QED) is 0.324. The third-order valence-electron chi connectivity index (χ3n) is 6.14. The summed E-state index contributed by atoms with van der Waals surface area (Å²) in [5.41, 5.74) is 3.22. The lowest BCUT2D eigenvalue weighted by Crippen LogP contribution is -2.41. The van der Waals surface area contributed by atoms with Crippen LogP contribution in [-0.2, 0) is 22.3 Å². The second-order valence-corrected chi connectivity index (χ2v) is 7.98. The summed E-state index contributed by atoms with van der Waals surface area (Å²) in [5.74, 6) is 1.58. The van der Waals surface area contributed by atoms with Crippen molar-refractivity contribution < 1.29 is 28.5 Å². The molecule has 3 rings (SSSR count). The van der Waals surface area contributed by atoms with Crippen LogP contribution in [0.3, 0.4) is 0 Å². The van der Waals surface area contributed by atoms with E-state index in [1.165, 1.54) is 18.2 Å². The van der Waals surface area contributed by atoms with Gasteiger partial charge in [0.2, 0.25) is 0 Å². The first-order chi connectivity index (χ1) is 16.1. The number of carbonyl (C=O) groups is 1. The largest absolute Gasteiger partial charge is 0.497 e. The molecular weight excluding hydrogens is 458 g/mol. The topological polar surface area (TPSA) is 66.5 Å². The SMILES string of the molecule is CCN(CCOCCOC(=O)c1ccc(OC)c(OC)c1)C1CCc2cc(OC)ccc2C1.Cl. The Hall–Kier alpha value is -2.48. The molecule has 0 fully saturated rings. The Kier molecular flexibility index (Phi) is 11.5. The van der Waals surface area contributed by atoms with Crippen molar-refractivity contribution in [2.45, 2.75) is 32.2 Å². The van der Waals surface area contributed by atoms with Crippen LogP contribution in [0.1, 0.15) is 34.8 Å². The van der Waals surface area contributed by atoms with E-state index in [9.17, 15) is 4.79 Å². The molecule has 1 aliphatic carbocycles. The van der Waals surface area contributed by atoms with Gasteiger partial charge < -0.3 is 23.7 Å². The summed E-state index contributed by atoms with van der Waals surface area (Å²) in [4.78, 5) is 14.7. The zero-order valence-corrected chi connectivity index (χ0v) is 21.3. The fourth-order valence-corrected chi connectivity index (χ4v) is 4.27. The minimum Gasteiger partial charge on any atom is -0.497 e. The van der Waals surface area contributed by atoms with Gasteiger partial charge in [0.05, 0.1) is 40.1 Å². The second kappa shape index (κ2) is 14.0. The van der Waals surface area contributed by atoms with E-state index in [1.54, 1.807) is 32.4 Å². The lowest BCUT2D eigenvalue weighted by atomic mass is 9.87. The van der Waals surface area contributed by atoms with E-state index in [0.717, 1.165) is 38.1 Å². The summed E-state index contributed by atoms with van der Waals surface area (Å²) >= 11 is 0. The van der Waals surface area contributed by atoms with Gasteiger partial charge in [-0.1, -0.05) is 13.0 Å². The average Bonchev–Trinajstić information content (AvgIpc) is 2.87. The van der Waals surface area contributed by atoms with Crippen LogP contribution in [0.2, 0.25) is 0 Å². The van der Waals surface area contributed by atoms with Crippen LogP contribution in [0, 0.1) is 0 Å². The van der Waals surface area contributed by atoms with E-state index < -0.39 is 5.97 Å². The molecule has 0 heterocycles. The third kappa shape index (κ3) is 7.26. The number of benzene rings is 2. The van der Waals surface area contributed by atoms with Crippen LogP contribution >= 0.6 is 12.4 Å². The second-order valence-electron chi connectivity index (χ2n) is 7.98. The van der Waals surface area contributed by atoms with Crippen molar-refractivity contribution in [1.29, 1.82) is 0 Å². The number of likely N-dealkylation sites (N-methyl/N-ethyl adjacent to an activating group) is 1. The molecule has 0 spiro atoms. The lowest BCUT2D eigenvalue weighted by Gasteiger charge is -2.34. The van der Waals surface area contributed by atoms with Crippen molar-refractivity contribution in [3.8, 4) is 17.2 Å². The van der Waals surface area contributed by atoms with Crippen molar-refractivity contribution in [3.63, 3.8) is 0 Å². The molecule has 34 heavy (non-hydrogen) atoms. The Morgan fingerprint density at radius 1 is 0.941 bits per heavy atom. The molecule has 0 radical (unpaired) electrons. The fraction of sp³-hybridized carbons (Fsp3) is 0.500. The molecule has 8 heteroatoms. The van der Waals surface area contributed by atoms with Gasteiger partial charge in [-0.2, -0.15) is 0 Å². The summed E-state index contributed by atoms with van der Waals surface area (Å²) in [6, 6.07) is 11.9. The van der Waals surface area contributed by atoms with E-state index in [1.807, 2.05) is 6.07 Å². The molecule has 2 aromatic rings. The van der Waals surface area contributed by atoms with Crippen LogP contribution < -0.4 is 14.2 Å². The number of fused-ring (bicyclic) bond motifs is 1. The first-order valence-electron chi connectivity index (χ1n) is 11.5. The molecule has 0 saturated heterocycles. The molecule has 0 aromatic heterocycles. The lowest BCUT2D eigenvalue weighted by molar-refractivity contribution is 0.0258. The van der Waals surface area contributed by atoms with Crippen molar-refractivity contribution in [3.05, 3.63) is 53.1 Å². The number of rotatable bonds is 12. The van der Waals surface area contributed by atoms with Gasteiger partial charge in [-0.05, 0) is 67.3 Å². The highest BCUT2D eigenvalue weighted by atomic mass is 35.5. The Bertz CT molecular complexity index is 922. The van der Waals surface area contributed by atoms with Crippen LogP contribution in [-0.4, -0.2) is 71.2 Å². The number of esters is 1. The summed E-state index contributed by atoms with van der Waals surface area (Å²) < 4.78 is 26.8. The molecule has 1 aliphatic rings. The van der Waals surface area contributed by atoms with Gasteiger partial charge >= 0.3 is 5.97 Å². The van der Waals surface area contributed by atoms with Gasteiger partial charge in [0.15, 0.2) is 11.5 Å². The van der Waals surface area contributed by atoms with E-state index in [2.05, 4.69) is 24.0 Å². The van der Waals surface area contributed by atoms with Crippen LogP contribution in [0.4, 0.5) is 0 Å². The van der Waals surface area contributed by atoms with Crippen LogP contribution in [0.15, 0.2) is 36.4 Å².